The summed E-state index contributed by atoms with van der Waals surface area (Å²) in [6.07, 6.45) is 17.8. The summed E-state index contributed by atoms with van der Waals surface area (Å²) in [5.41, 5.74) is 11.3. The van der Waals surface area contributed by atoms with Gasteiger partial charge in [0.2, 0.25) is 0 Å². The minimum Gasteiger partial charge on any atom is -0.310 e. The molecule has 2 aliphatic rings. The molecule has 10 rings (SSSR count). The summed E-state index contributed by atoms with van der Waals surface area (Å²) >= 11 is 0. The molecular formula is C46H50F2N12. The van der Waals surface area contributed by atoms with Crippen LogP contribution in [-0.2, 0) is 13.1 Å². The first-order chi connectivity index (χ1) is 29.3. The third-order valence-corrected chi connectivity index (χ3v) is 11.9. The summed E-state index contributed by atoms with van der Waals surface area (Å²) in [5.74, 6) is -0.457. The van der Waals surface area contributed by atoms with E-state index in [0.29, 0.717) is 22.5 Å². The van der Waals surface area contributed by atoms with Crippen LogP contribution >= 0.6 is 0 Å². The van der Waals surface area contributed by atoms with E-state index in [4.69, 9.17) is 0 Å². The minimum absolute atomic E-state index is 0.229. The topological polar surface area (TPSA) is 143 Å². The van der Waals surface area contributed by atoms with E-state index in [1.807, 2.05) is 61.6 Å². The van der Waals surface area contributed by atoms with Crippen LogP contribution in [0.1, 0.15) is 86.7 Å². The molecule has 2 saturated heterocycles. The molecule has 4 N–H and O–H groups in total. The van der Waals surface area contributed by atoms with E-state index in [0.717, 1.165) is 106 Å². The molecule has 308 valence electrons. The van der Waals surface area contributed by atoms with Gasteiger partial charge in [0.15, 0.2) is 0 Å². The molecule has 12 nitrogen and oxygen atoms in total. The van der Waals surface area contributed by atoms with Gasteiger partial charge in [-0.25, -0.2) is 8.78 Å². The molecule has 2 unspecified atom stereocenters. The standard InChI is InChI=1S/2C23H25FN6/c2*1-3-30-13-16(11-27-30)23-17-10-20(26-12-21(17)28-29-23)22-14(2)8-15(9-18(22)24)19-6-4-5-7-25-19/h2*8-13,19,25H,3-7H2,1-2H3,(H,28,29). The summed E-state index contributed by atoms with van der Waals surface area (Å²) in [6, 6.07) is 11.8. The molecule has 0 saturated carbocycles. The van der Waals surface area contributed by atoms with Crippen molar-refractivity contribution in [3.05, 3.63) is 107 Å². The second-order valence-electron chi connectivity index (χ2n) is 15.9. The number of aromatic amines is 2. The highest BCUT2D eigenvalue weighted by Crippen LogP contribution is 2.36. The number of rotatable bonds is 8. The molecular weight excluding hydrogens is 759 g/mol. The number of piperidine rings is 2. The maximum Gasteiger partial charge on any atom is 0.133 e. The quantitative estimate of drug-likeness (QED) is 0.119. The van der Waals surface area contributed by atoms with E-state index >= 15 is 8.78 Å². The van der Waals surface area contributed by atoms with Crippen LogP contribution in [0.15, 0.2) is 73.6 Å². The number of H-pyrrole nitrogens is 2. The molecule has 0 bridgehead atoms. The van der Waals surface area contributed by atoms with Crippen LogP contribution in [0.5, 0.6) is 0 Å². The molecule has 2 fully saturated rings. The van der Waals surface area contributed by atoms with Gasteiger partial charge in [-0.15, -0.1) is 0 Å². The zero-order valence-corrected chi connectivity index (χ0v) is 34.5. The van der Waals surface area contributed by atoms with Gasteiger partial charge in [0.25, 0.3) is 0 Å². The number of halogens is 2. The van der Waals surface area contributed by atoms with E-state index in [1.54, 1.807) is 36.9 Å². The number of aromatic nitrogens is 10. The molecule has 14 heteroatoms. The fourth-order valence-corrected chi connectivity index (χ4v) is 8.73. The van der Waals surface area contributed by atoms with Gasteiger partial charge in [0.1, 0.15) is 23.0 Å². The molecule has 2 atom stereocenters. The van der Waals surface area contributed by atoms with Crippen LogP contribution in [0, 0.1) is 25.5 Å². The van der Waals surface area contributed by atoms with Crippen LogP contribution in [0.2, 0.25) is 0 Å². The highest BCUT2D eigenvalue weighted by Gasteiger charge is 2.22. The largest absolute Gasteiger partial charge is 0.310 e. The van der Waals surface area contributed by atoms with Gasteiger partial charge in [-0.05, 0) is 113 Å². The summed E-state index contributed by atoms with van der Waals surface area (Å²) in [7, 11) is 0. The Labute approximate surface area is 347 Å². The predicted molar refractivity (Wildman–Crippen MR) is 231 cm³/mol. The van der Waals surface area contributed by atoms with Gasteiger partial charge in [-0.1, -0.05) is 25.0 Å². The smallest absolute Gasteiger partial charge is 0.133 e. The molecule has 60 heavy (non-hydrogen) atoms. The van der Waals surface area contributed by atoms with Crippen LogP contribution in [0.4, 0.5) is 8.78 Å². The van der Waals surface area contributed by atoms with Crippen molar-refractivity contribution >= 4 is 21.8 Å². The molecule has 2 aromatic carbocycles. The van der Waals surface area contributed by atoms with Crippen molar-refractivity contribution in [2.24, 2.45) is 0 Å². The number of hydrogen-bond donors (Lipinski definition) is 4. The SMILES string of the molecule is CCn1cc(-c2n[nH]c3cnc(-c4c(C)cc(C5CCCCN5)cc4F)cc23)cn1.CCn1cc(-c2n[nH]c3cnc(-c4c(C)cc(C5CCCCN5)cc4F)cc23)cn1. The highest BCUT2D eigenvalue weighted by molar-refractivity contribution is 5.95. The van der Waals surface area contributed by atoms with Gasteiger partial charge >= 0.3 is 0 Å². The van der Waals surface area contributed by atoms with Crippen LogP contribution in [-0.4, -0.2) is 63.0 Å². The van der Waals surface area contributed by atoms with E-state index in [-0.39, 0.29) is 23.7 Å². The molecule has 2 aliphatic heterocycles. The maximum absolute atomic E-state index is 15.2. The van der Waals surface area contributed by atoms with Gasteiger partial charge < -0.3 is 10.6 Å². The van der Waals surface area contributed by atoms with E-state index in [9.17, 15) is 0 Å². The lowest BCUT2D eigenvalue weighted by atomic mass is 9.93. The normalized spacial score (nSPS) is 17.0. The van der Waals surface area contributed by atoms with Crippen LogP contribution < -0.4 is 10.6 Å². The number of aryl methyl sites for hydroxylation is 4. The predicted octanol–water partition coefficient (Wildman–Crippen LogP) is 9.54. The number of nitrogens with one attached hydrogen (secondary N) is 4. The van der Waals surface area contributed by atoms with Crippen LogP contribution in [0.25, 0.3) is 66.8 Å². The summed E-state index contributed by atoms with van der Waals surface area (Å²) in [6.45, 7) is 11.6. The Morgan fingerprint density at radius 1 is 0.600 bits per heavy atom. The number of benzene rings is 2. The van der Waals surface area contributed by atoms with Crippen molar-refractivity contribution in [1.82, 2.24) is 60.6 Å². The third kappa shape index (κ3) is 7.72. The lowest BCUT2D eigenvalue weighted by Gasteiger charge is -2.24. The first-order valence-electron chi connectivity index (χ1n) is 21.1. The zero-order valence-electron chi connectivity index (χ0n) is 34.5. The average Bonchev–Trinajstić information content (AvgIpc) is 4.10. The molecule has 8 aromatic rings. The van der Waals surface area contributed by atoms with Crippen molar-refractivity contribution in [3.63, 3.8) is 0 Å². The average molecular weight is 809 g/mol. The Bertz CT molecular complexity index is 2550. The number of fused-ring (bicyclic) bond motifs is 2. The second kappa shape index (κ2) is 16.9. The Morgan fingerprint density at radius 2 is 1.05 bits per heavy atom. The van der Waals surface area contributed by atoms with Crippen molar-refractivity contribution in [1.29, 1.82) is 0 Å². The molecule has 0 aliphatic carbocycles. The summed E-state index contributed by atoms with van der Waals surface area (Å²) in [5, 5.41) is 32.4. The number of pyridine rings is 2. The van der Waals surface area contributed by atoms with E-state index in [2.05, 4.69) is 63.3 Å². The molecule has 0 spiro atoms. The van der Waals surface area contributed by atoms with E-state index < -0.39 is 0 Å². The van der Waals surface area contributed by atoms with Crippen molar-refractivity contribution in [2.75, 3.05) is 13.1 Å². The zero-order chi connectivity index (χ0) is 41.3. The van der Waals surface area contributed by atoms with E-state index in [1.165, 1.54) is 25.7 Å². The Morgan fingerprint density at radius 3 is 1.42 bits per heavy atom. The first-order valence-corrected chi connectivity index (χ1v) is 21.1. The molecule has 6 aromatic heterocycles. The maximum atomic E-state index is 15.2. The monoisotopic (exact) mass is 808 g/mol. The molecule has 0 radical (unpaired) electrons. The lowest BCUT2D eigenvalue weighted by molar-refractivity contribution is 0.411. The summed E-state index contributed by atoms with van der Waals surface area (Å²) in [4.78, 5) is 9.04. The Kier molecular flexibility index (Phi) is 11.1. The van der Waals surface area contributed by atoms with Crippen LogP contribution in [0.3, 0.4) is 0 Å². The van der Waals surface area contributed by atoms with Gasteiger partial charge in [-0.3, -0.25) is 29.5 Å². The van der Waals surface area contributed by atoms with Crippen molar-refractivity contribution in [3.8, 4) is 45.0 Å². The third-order valence-electron chi connectivity index (χ3n) is 11.9. The lowest BCUT2D eigenvalue weighted by Crippen LogP contribution is -2.26. The van der Waals surface area contributed by atoms with Gasteiger partial charge in [0, 0.05) is 70.6 Å². The minimum atomic E-state index is -0.229. The fourth-order valence-electron chi connectivity index (χ4n) is 8.73. The van der Waals surface area contributed by atoms with Crippen molar-refractivity contribution < 1.29 is 8.78 Å². The Hall–Kier alpha value is -6.12. The summed E-state index contributed by atoms with van der Waals surface area (Å²) < 4.78 is 34.2. The fraction of sp³-hybridized carbons (Fsp3) is 0.348. The molecule has 0 amide bonds. The van der Waals surface area contributed by atoms with Crippen molar-refractivity contribution in [2.45, 2.75) is 91.4 Å². The first kappa shape index (κ1) is 39.3. The highest BCUT2D eigenvalue weighted by atomic mass is 19.1. The number of nitrogens with zero attached hydrogens (tertiary/aromatic N) is 8. The number of hydrogen-bond acceptors (Lipinski definition) is 8. The second-order valence-corrected chi connectivity index (χ2v) is 15.9. The van der Waals surface area contributed by atoms with Gasteiger partial charge in [-0.2, -0.15) is 20.4 Å². The van der Waals surface area contributed by atoms with Gasteiger partial charge in [0.05, 0.1) is 47.2 Å². The molecule has 8 heterocycles. The Balaban J connectivity index is 0.000000154.